The van der Waals surface area contributed by atoms with Gasteiger partial charge in [0, 0.05) is 66.5 Å². The number of sulfonamides is 1. The first-order valence-electron chi connectivity index (χ1n) is 12.4. The van der Waals surface area contributed by atoms with E-state index in [0.29, 0.717) is 27.5 Å². The molecule has 0 radical (unpaired) electrons. The topological polar surface area (TPSA) is 165 Å². The Bertz CT molecular complexity index is 1630. The fraction of sp³-hybridized carbons (Fsp3) is 0.417. The number of hydrogen-bond acceptors (Lipinski definition) is 8. The molecule has 5 rings (SSSR count). The van der Waals surface area contributed by atoms with Crippen LogP contribution in [0.4, 0.5) is 13.2 Å². The number of aromatic nitrogens is 2. The van der Waals surface area contributed by atoms with Crippen LogP contribution in [0.15, 0.2) is 29.3 Å². The maximum Gasteiger partial charge on any atom is 0.490 e. The summed E-state index contributed by atoms with van der Waals surface area (Å²) in [4.78, 5) is 45.0. The van der Waals surface area contributed by atoms with Gasteiger partial charge in [-0.25, -0.2) is 18.2 Å². The zero-order chi connectivity index (χ0) is 31.0. The van der Waals surface area contributed by atoms with Crippen LogP contribution in [0.25, 0.3) is 10.9 Å². The van der Waals surface area contributed by atoms with Crippen LogP contribution in [0.3, 0.4) is 0 Å². The standard InChI is InChI=1S/C22H25ClN6O4S2.C2HF3O2/c1-12-9-25-10-17-19(12)27-21(34-17)22(31)29-6-5-28(11-16(29)20(30)24-2)35(32,33)18-8-13-7-14(23)3-4-15(13)26-18;3-2(4,5)1(6)7/h3-4,7-8,12,16,25-26H,5-6,9-11H2,1-2H3,(H,24,30);(H,6,7). The number of amides is 2. The van der Waals surface area contributed by atoms with Crippen LogP contribution < -0.4 is 10.6 Å². The summed E-state index contributed by atoms with van der Waals surface area (Å²) in [6.45, 7) is 3.47. The molecule has 2 aliphatic rings. The van der Waals surface area contributed by atoms with Crippen LogP contribution in [0.5, 0.6) is 0 Å². The number of thiazole rings is 1. The van der Waals surface area contributed by atoms with Gasteiger partial charge in [0.25, 0.3) is 15.9 Å². The molecule has 0 spiro atoms. The number of likely N-dealkylation sites (N-methyl/N-ethyl adjacent to an activating group) is 1. The molecule has 1 aromatic carbocycles. The molecular formula is C24H26ClF3N6O6S2. The number of rotatable bonds is 4. The molecule has 3 aromatic rings. The minimum atomic E-state index is -5.08. The van der Waals surface area contributed by atoms with Crippen molar-refractivity contribution < 1.29 is 41.1 Å². The van der Waals surface area contributed by atoms with Crippen molar-refractivity contribution in [2.75, 3.05) is 33.2 Å². The normalized spacial score (nSPS) is 19.5. The Morgan fingerprint density at radius 2 is 1.90 bits per heavy atom. The van der Waals surface area contributed by atoms with Crippen LogP contribution in [0.1, 0.15) is 33.2 Å². The molecule has 12 nitrogen and oxygen atoms in total. The Morgan fingerprint density at radius 1 is 1.21 bits per heavy atom. The molecule has 2 unspecified atom stereocenters. The van der Waals surface area contributed by atoms with Crippen LogP contribution >= 0.6 is 22.9 Å². The van der Waals surface area contributed by atoms with E-state index in [1.165, 1.54) is 33.7 Å². The number of aromatic amines is 1. The fourth-order valence-corrected chi connectivity index (χ4v) is 7.29. The second kappa shape index (κ2) is 12.2. The van der Waals surface area contributed by atoms with E-state index in [1.807, 2.05) is 6.92 Å². The van der Waals surface area contributed by atoms with Gasteiger partial charge in [0.15, 0.2) is 5.01 Å². The molecule has 2 aliphatic heterocycles. The molecule has 0 bridgehead atoms. The minimum Gasteiger partial charge on any atom is -0.475 e. The first-order valence-corrected chi connectivity index (χ1v) is 15.1. The summed E-state index contributed by atoms with van der Waals surface area (Å²) in [6.07, 6.45) is -5.08. The number of carbonyl (C=O) groups is 3. The van der Waals surface area contributed by atoms with Crippen molar-refractivity contribution in [1.29, 1.82) is 0 Å². The molecule has 4 N–H and O–H groups in total. The maximum atomic E-state index is 13.4. The first-order chi connectivity index (χ1) is 19.6. The van der Waals surface area contributed by atoms with Gasteiger partial charge in [-0.05, 0) is 24.3 Å². The number of carbonyl (C=O) groups excluding carboxylic acids is 2. The lowest BCUT2D eigenvalue weighted by atomic mass is 10.0. The second-order valence-corrected chi connectivity index (χ2v) is 12.9. The number of fused-ring (bicyclic) bond motifs is 2. The number of alkyl halides is 3. The molecule has 0 aliphatic carbocycles. The highest BCUT2D eigenvalue weighted by atomic mass is 35.5. The Kier molecular flexibility index (Phi) is 9.17. The van der Waals surface area contributed by atoms with Crippen molar-refractivity contribution in [1.82, 2.24) is 29.8 Å². The highest BCUT2D eigenvalue weighted by molar-refractivity contribution is 7.89. The monoisotopic (exact) mass is 650 g/mol. The van der Waals surface area contributed by atoms with Gasteiger partial charge in [-0.15, -0.1) is 11.3 Å². The van der Waals surface area contributed by atoms with E-state index in [-0.39, 0.29) is 36.5 Å². The second-order valence-electron chi connectivity index (χ2n) is 9.52. The van der Waals surface area contributed by atoms with Crippen LogP contribution in [-0.4, -0.2) is 95.9 Å². The summed E-state index contributed by atoms with van der Waals surface area (Å²) in [7, 11) is -2.47. The molecule has 2 atom stereocenters. The van der Waals surface area contributed by atoms with Crippen LogP contribution in [-0.2, 0) is 26.2 Å². The van der Waals surface area contributed by atoms with E-state index in [9.17, 15) is 31.2 Å². The number of nitrogens with zero attached hydrogens (tertiary/aromatic N) is 3. The SMILES string of the molecule is CNC(=O)C1CN(S(=O)(=O)c2cc3cc(Cl)ccc3[nH]2)CCN1C(=O)c1nc2c(s1)CNCC2C.O=C(O)C(F)(F)F. The average molecular weight is 651 g/mol. The van der Waals surface area contributed by atoms with Crippen molar-refractivity contribution in [3.8, 4) is 0 Å². The van der Waals surface area contributed by atoms with Crippen molar-refractivity contribution in [3.63, 3.8) is 0 Å². The Balaban J connectivity index is 0.000000517. The highest BCUT2D eigenvalue weighted by Crippen LogP contribution is 2.30. The van der Waals surface area contributed by atoms with Gasteiger partial charge in [-0.2, -0.15) is 17.5 Å². The van der Waals surface area contributed by atoms with E-state index < -0.39 is 34.1 Å². The van der Waals surface area contributed by atoms with E-state index in [4.69, 9.17) is 21.5 Å². The van der Waals surface area contributed by atoms with Crippen molar-refractivity contribution >= 4 is 61.6 Å². The maximum absolute atomic E-state index is 13.4. The zero-order valence-corrected chi connectivity index (χ0v) is 24.5. The molecule has 18 heteroatoms. The number of hydrogen-bond donors (Lipinski definition) is 4. The van der Waals surface area contributed by atoms with Gasteiger partial charge in [-0.1, -0.05) is 18.5 Å². The van der Waals surface area contributed by atoms with Gasteiger partial charge in [0.05, 0.1) is 5.69 Å². The highest BCUT2D eigenvalue weighted by Gasteiger charge is 2.41. The number of carboxylic acids is 1. The number of piperazine rings is 1. The van der Waals surface area contributed by atoms with Crippen LogP contribution in [0, 0.1) is 0 Å². The molecule has 42 heavy (non-hydrogen) atoms. The molecule has 0 saturated carbocycles. The Hall–Kier alpha value is -3.25. The molecule has 2 aromatic heterocycles. The molecular weight excluding hydrogens is 625 g/mol. The summed E-state index contributed by atoms with van der Waals surface area (Å²) in [6, 6.07) is 5.62. The zero-order valence-electron chi connectivity index (χ0n) is 22.2. The first kappa shape index (κ1) is 31.7. The molecule has 1 saturated heterocycles. The number of halogens is 4. The molecule has 1 fully saturated rings. The van der Waals surface area contributed by atoms with Gasteiger partial charge in [0.2, 0.25) is 5.91 Å². The third kappa shape index (κ3) is 6.54. The van der Waals surface area contributed by atoms with E-state index in [0.717, 1.165) is 17.1 Å². The van der Waals surface area contributed by atoms with Crippen molar-refractivity contribution in [2.24, 2.45) is 0 Å². The quantitative estimate of drug-likeness (QED) is 0.334. The largest absolute Gasteiger partial charge is 0.490 e. The third-order valence-electron chi connectivity index (χ3n) is 6.68. The molecule has 228 valence electrons. The smallest absolute Gasteiger partial charge is 0.475 e. The minimum absolute atomic E-state index is 0.0132. The number of carboxylic acid groups (broad SMARTS) is 1. The lowest BCUT2D eigenvalue weighted by Gasteiger charge is -2.39. The summed E-state index contributed by atoms with van der Waals surface area (Å²) in [5.74, 6) is -3.35. The van der Waals surface area contributed by atoms with E-state index >= 15 is 0 Å². The number of aliphatic carboxylic acids is 1. The predicted molar refractivity (Wildman–Crippen MR) is 147 cm³/mol. The summed E-state index contributed by atoms with van der Waals surface area (Å²) >= 11 is 7.36. The van der Waals surface area contributed by atoms with Gasteiger partial charge < -0.3 is 25.6 Å². The number of nitrogens with one attached hydrogen (secondary N) is 3. The van der Waals surface area contributed by atoms with Gasteiger partial charge >= 0.3 is 12.1 Å². The van der Waals surface area contributed by atoms with Crippen LogP contribution in [0.2, 0.25) is 5.02 Å². The third-order valence-corrected chi connectivity index (χ3v) is 9.77. The van der Waals surface area contributed by atoms with E-state index in [1.54, 1.807) is 18.2 Å². The lowest BCUT2D eigenvalue weighted by Crippen LogP contribution is -2.61. The number of H-pyrrole nitrogens is 1. The van der Waals surface area contributed by atoms with Crippen molar-refractivity contribution in [2.45, 2.75) is 36.6 Å². The van der Waals surface area contributed by atoms with Gasteiger partial charge in [0.1, 0.15) is 11.1 Å². The summed E-state index contributed by atoms with van der Waals surface area (Å²) in [5.41, 5.74) is 1.55. The average Bonchev–Trinajstić information content (AvgIpc) is 3.57. The fourth-order valence-electron chi connectivity index (χ4n) is 4.55. The van der Waals surface area contributed by atoms with Gasteiger partial charge in [-0.3, -0.25) is 9.59 Å². The molecule has 2 amide bonds. The molecule has 4 heterocycles. The summed E-state index contributed by atoms with van der Waals surface area (Å²) in [5, 5.41) is 14.5. The Labute approximate surface area is 246 Å². The Morgan fingerprint density at radius 3 is 2.52 bits per heavy atom. The predicted octanol–water partition coefficient (Wildman–Crippen LogP) is 2.38. The summed E-state index contributed by atoms with van der Waals surface area (Å²) < 4.78 is 59.8. The van der Waals surface area contributed by atoms with E-state index in [2.05, 4.69) is 20.6 Å². The number of benzene rings is 1. The lowest BCUT2D eigenvalue weighted by molar-refractivity contribution is -0.192. The van der Waals surface area contributed by atoms with Crippen molar-refractivity contribution in [3.05, 3.63) is 44.9 Å².